The molecule has 0 spiro atoms. The summed E-state index contributed by atoms with van der Waals surface area (Å²) in [6.07, 6.45) is 1.74. The Morgan fingerprint density at radius 1 is 1.03 bits per heavy atom. The fourth-order valence-corrected chi connectivity index (χ4v) is 4.12. The molecule has 3 aromatic carbocycles. The summed E-state index contributed by atoms with van der Waals surface area (Å²) in [5.74, 6) is 1.07. The Morgan fingerprint density at radius 2 is 1.82 bits per heavy atom. The van der Waals surface area contributed by atoms with Crippen molar-refractivity contribution in [2.75, 3.05) is 23.4 Å². The molecule has 2 amide bonds. The number of carbonyl (C=O) groups excluding carboxylic acids is 2. The lowest BCUT2D eigenvalue weighted by atomic mass is 10.1. The Labute approximate surface area is 191 Å². The van der Waals surface area contributed by atoms with Gasteiger partial charge in [0.25, 0.3) is 5.91 Å². The molecule has 33 heavy (non-hydrogen) atoms. The molecule has 0 unspecified atom stereocenters. The standard InChI is InChI=1S/C26H24N4O3/c1-29-21-13-12-19(15-20(21)28-24(29)14-11-18-7-3-2-4-8-18)27-25(31)16-30-22-9-5-6-10-23(22)33-17-26(30)32/h2-10,12-13,15H,11,14,16-17H2,1H3,(H,27,31). The Kier molecular flexibility index (Phi) is 5.52. The zero-order chi connectivity index (χ0) is 22.8. The molecule has 5 rings (SSSR count). The van der Waals surface area contributed by atoms with Crippen molar-refractivity contribution in [2.24, 2.45) is 7.05 Å². The molecule has 7 heteroatoms. The van der Waals surface area contributed by atoms with E-state index in [2.05, 4.69) is 22.0 Å². The van der Waals surface area contributed by atoms with E-state index in [9.17, 15) is 9.59 Å². The monoisotopic (exact) mass is 440 g/mol. The summed E-state index contributed by atoms with van der Waals surface area (Å²) in [5, 5.41) is 2.90. The van der Waals surface area contributed by atoms with Gasteiger partial charge in [0.1, 0.15) is 18.1 Å². The molecule has 0 saturated heterocycles. The number of nitrogens with one attached hydrogen (secondary N) is 1. The maximum absolute atomic E-state index is 12.7. The first-order valence-electron chi connectivity index (χ1n) is 10.9. The van der Waals surface area contributed by atoms with Crippen molar-refractivity contribution in [2.45, 2.75) is 12.8 Å². The van der Waals surface area contributed by atoms with Gasteiger partial charge < -0.3 is 14.6 Å². The van der Waals surface area contributed by atoms with Crippen LogP contribution in [0.5, 0.6) is 5.75 Å². The van der Waals surface area contributed by atoms with E-state index < -0.39 is 0 Å². The van der Waals surface area contributed by atoms with Gasteiger partial charge in [0.05, 0.1) is 16.7 Å². The molecule has 1 aliphatic heterocycles. The number of aromatic nitrogens is 2. The van der Waals surface area contributed by atoms with E-state index in [1.54, 1.807) is 12.1 Å². The van der Waals surface area contributed by atoms with Crippen LogP contribution in [0.1, 0.15) is 11.4 Å². The van der Waals surface area contributed by atoms with Crippen LogP contribution in [0.15, 0.2) is 72.8 Å². The number of rotatable bonds is 6. The molecule has 166 valence electrons. The number of ether oxygens (including phenoxy) is 1. The number of anilines is 2. The Balaban J connectivity index is 1.29. The van der Waals surface area contributed by atoms with Crippen LogP contribution in [0.3, 0.4) is 0 Å². The van der Waals surface area contributed by atoms with Gasteiger partial charge in [-0.1, -0.05) is 42.5 Å². The third-order valence-electron chi connectivity index (χ3n) is 5.85. The molecular formula is C26H24N4O3. The van der Waals surface area contributed by atoms with Crippen LogP contribution in [-0.4, -0.2) is 34.5 Å². The van der Waals surface area contributed by atoms with Gasteiger partial charge in [0, 0.05) is 19.2 Å². The molecule has 0 fully saturated rings. The molecule has 0 saturated carbocycles. The predicted octanol–water partition coefficient (Wildman–Crippen LogP) is 3.72. The van der Waals surface area contributed by atoms with E-state index in [1.807, 2.05) is 55.6 Å². The molecule has 0 radical (unpaired) electrons. The first-order chi connectivity index (χ1) is 16.1. The SMILES string of the molecule is Cn1c(CCc2ccccc2)nc2cc(NC(=O)CN3C(=O)COc4ccccc43)ccc21. The zero-order valence-electron chi connectivity index (χ0n) is 18.3. The average molecular weight is 441 g/mol. The van der Waals surface area contributed by atoms with Crippen molar-refractivity contribution in [3.8, 4) is 5.75 Å². The Hall–Kier alpha value is -4.13. The highest BCUT2D eigenvalue weighted by molar-refractivity contribution is 6.05. The molecule has 2 heterocycles. The van der Waals surface area contributed by atoms with E-state index in [0.29, 0.717) is 17.1 Å². The van der Waals surface area contributed by atoms with Crippen molar-refractivity contribution in [1.29, 1.82) is 0 Å². The summed E-state index contributed by atoms with van der Waals surface area (Å²) >= 11 is 0. The minimum absolute atomic E-state index is 0.0735. The quantitative estimate of drug-likeness (QED) is 0.496. The number of imidazole rings is 1. The normalized spacial score (nSPS) is 13.0. The van der Waals surface area contributed by atoms with Crippen LogP contribution in [-0.2, 0) is 29.5 Å². The molecule has 0 atom stereocenters. The van der Waals surface area contributed by atoms with Crippen LogP contribution in [0, 0.1) is 0 Å². The molecule has 1 N–H and O–H groups in total. The van der Waals surface area contributed by atoms with E-state index in [0.717, 1.165) is 29.7 Å². The number of amides is 2. The third-order valence-corrected chi connectivity index (χ3v) is 5.85. The molecule has 1 aromatic heterocycles. The highest BCUT2D eigenvalue weighted by atomic mass is 16.5. The molecule has 0 aliphatic carbocycles. The van der Waals surface area contributed by atoms with Crippen LogP contribution < -0.4 is 15.0 Å². The second-order valence-corrected chi connectivity index (χ2v) is 8.06. The number of fused-ring (bicyclic) bond motifs is 2. The van der Waals surface area contributed by atoms with Gasteiger partial charge in [-0.3, -0.25) is 14.5 Å². The number of aryl methyl sites for hydroxylation is 3. The van der Waals surface area contributed by atoms with Gasteiger partial charge in [-0.25, -0.2) is 4.98 Å². The average Bonchev–Trinajstić information content (AvgIpc) is 3.15. The number of benzene rings is 3. The van der Waals surface area contributed by atoms with Crippen molar-refractivity contribution in [1.82, 2.24) is 9.55 Å². The van der Waals surface area contributed by atoms with Crippen molar-refractivity contribution < 1.29 is 14.3 Å². The van der Waals surface area contributed by atoms with Gasteiger partial charge >= 0.3 is 0 Å². The molecule has 7 nitrogen and oxygen atoms in total. The van der Waals surface area contributed by atoms with Crippen molar-refractivity contribution >= 4 is 34.2 Å². The van der Waals surface area contributed by atoms with Crippen molar-refractivity contribution in [3.63, 3.8) is 0 Å². The lowest BCUT2D eigenvalue weighted by Crippen LogP contribution is -2.43. The number of hydrogen-bond acceptors (Lipinski definition) is 4. The van der Waals surface area contributed by atoms with Gasteiger partial charge in [0.15, 0.2) is 6.61 Å². The second kappa shape index (κ2) is 8.78. The third kappa shape index (κ3) is 4.30. The Morgan fingerprint density at radius 3 is 2.67 bits per heavy atom. The molecule has 4 aromatic rings. The smallest absolute Gasteiger partial charge is 0.265 e. The molecular weight excluding hydrogens is 416 g/mol. The predicted molar refractivity (Wildman–Crippen MR) is 127 cm³/mol. The van der Waals surface area contributed by atoms with Gasteiger partial charge in [-0.2, -0.15) is 0 Å². The van der Waals surface area contributed by atoms with Gasteiger partial charge in [-0.05, 0) is 42.3 Å². The first-order valence-corrected chi connectivity index (χ1v) is 10.9. The number of carbonyl (C=O) groups is 2. The van der Waals surface area contributed by atoms with Crippen LogP contribution in [0.2, 0.25) is 0 Å². The van der Waals surface area contributed by atoms with E-state index in [1.165, 1.54) is 10.5 Å². The van der Waals surface area contributed by atoms with Crippen LogP contribution in [0.4, 0.5) is 11.4 Å². The summed E-state index contributed by atoms with van der Waals surface area (Å²) < 4.78 is 7.53. The minimum Gasteiger partial charge on any atom is -0.482 e. The van der Waals surface area contributed by atoms with Crippen LogP contribution in [0.25, 0.3) is 11.0 Å². The topological polar surface area (TPSA) is 76.5 Å². The first kappa shape index (κ1) is 20.8. The summed E-state index contributed by atoms with van der Waals surface area (Å²) in [7, 11) is 2.01. The number of para-hydroxylation sites is 2. The van der Waals surface area contributed by atoms with Gasteiger partial charge in [-0.15, -0.1) is 0 Å². The molecule has 1 aliphatic rings. The van der Waals surface area contributed by atoms with Crippen molar-refractivity contribution in [3.05, 3.63) is 84.2 Å². The number of hydrogen-bond donors (Lipinski definition) is 1. The Bertz CT molecular complexity index is 1330. The fourth-order valence-electron chi connectivity index (χ4n) is 4.12. The highest BCUT2D eigenvalue weighted by Gasteiger charge is 2.27. The minimum atomic E-state index is -0.278. The van der Waals surface area contributed by atoms with E-state index in [-0.39, 0.29) is 25.0 Å². The largest absolute Gasteiger partial charge is 0.482 e. The highest BCUT2D eigenvalue weighted by Crippen LogP contribution is 2.31. The summed E-state index contributed by atoms with van der Waals surface area (Å²) in [4.78, 5) is 31.3. The summed E-state index contributed by atoms with van der Waals surface area (Å²) in [6, 6.07) is 23.2. The lowest BCUT2D eigenvalue weighted by Gasteiger charge is -2.28. The number of nitrogens with zero attached hydrogens (tertiary/aromatic N) is 3. The van der Waals surface area contributed by atoms with E-state index >= 15 is 0 Å². The van der Waals surface area contributed by atoms with Gasteiger partial charge in [0.2, 0.25) is 5.91 Å². The molecule has 0 bridgehead atoms. The van der Waals surface area contributed by atoms with Crippen LogP contribution >= 0.6 is 0 Å². The zero-order valence-corrected chi connectivity index (χ0v) is 18.3. The maximum Gasteiger partial charge on any atom is 0.265 e. The summed E-state index contributed by atoms with van der Waals surface area (Å²) in [5.41, 5.74) is 4.36. The summed E-state index contributed by atoms with van der Waals surface area (Å²) in [6.45, 7) is -0.155. The van der Waals surface area contributed by atoms with E-state index in [4.69, 9.17) is 9.72 Å². The fraction of sp³-hybridized carbons (Fsp3) is 0.192. The maximum atomic E-state index is 12.7. The lowest BCUT2D eigenvalue weighted by molar-refractivity contribution is -0.123. The second-order valence-electron chi connectivity index (χ2n) is 8.06.